The third-order valence-corrected chi connectivity index (χ3v) is 2.45. The van der Waals surface area contributed by atoms with Gasteiger partial charge in [0.1, 0.15) is 6.07 Å². The molecule has 0 aliphatic rings. The number of nitriles is 1. The molecular weight excluding hydrogens is 240 g/mol. The molecule has 0 unspecified atom stereocenters. The second kappa shape index (κ2) is 5.92. The Morgan fingerprint density at radius 1 is 1.65 bits per heavy atom. The van der Waals surface area contributed by atoms with Crippen LogP contribution in [0, 0.1) is 11.3 Å². The van der Waals surface area contributed by atoms with E-state index in [1.54, 1.807) is 24.3 Å². The van der Waals surface area contributed by atoms with E-state index in [0.29, 0.717) is 17.1 Å². The highest BCUT2D eigenvalue weighted by molar-refractivity contribution is 6.32. The quantitative estimate of drug-likeness (QED) is 0.806. The van der Waals surface area contributed by atoms with Crippen LogP contribution in [0.15, 0.2) is 29.8 Å². The van der Waals surface area contributed by atoms with Gasteiger partial charge in [-0.05, 0) is 25.1 Å². The smallest absolute Gasteiger partial charge is 0.331 e. The molecule has 0 bridgehead atoms. The maximum atomic E-state index is 10.5. The molecule has 17 heavy (non-hydrogen) atoms. The number of carboxylic acids is 1. The lowest BCUT2D eigenvalue weighted by Crippen LogP contribution is -2.03. The molecule has 0 saturated heterocycles. The fraction of sp³-hybridized carbons (Fsp3) is 0.167. The van der Waals surface area contributed by atoms with E-state index in [4.69, 9.17) is 22.0 Å². The van der Waals surface area contributed by atoms with Gasteiger partial charge in [0, 0.05) is 17.8 Å². The molecule has 88 valence electrons. The highest BCUT2D eigenvalue weighted by Crippen LogP contribution is 2.19. The summed E-state index contributed by atoms with van der Waals surface area (Å²) in [5.74, 6) is -0.940. The largest absolute Gasteiger partial charge is 0.478 e. The molecule has 5 heteroatoms. The van der Waals surface area contributed by atoms with Crippen LogP contribution in [0.1, 0.15) is 12.5 Å². The number of rotatable bonds is 4. The van der Waals surface area contributed by atoms with Crippen molar-refractivity contribution in [3.05, 3.63) is 40.4 Å². The van der Waals surface area contributed by atoms with Gasteiger partial charge in [0.25, 0.3) is 0 Å². The summed E-state index contributed by atoms with van der Waals surface area (Å²) in [6.07, 6.45) is 1.56. The number of nitrogens with one attached hydrogen (secondary N) is 1. The maximum Gasteiger partial charge on any atom is 0.331 e. The molecule has 0 amide bonds. The lowest BCUT2D eigenvalue weighted by atomic mass is 10.2. The van der Waals surface area contributed by atoms with E-state index < -0.39 is 5.97 Å². The molecule has 0 heterocycles. The molecule has 0 spiro atoms. The summed E-state index contributed by atoms with van der Waals surface area (Å²) >= 11 is 5.85. The van der Waals surface area contributed by atoms with Crippen LogP contribution in [-0.4, -0.2) is 17.6 Å². The topological polar surface area (TPSA) is 73.1 Å². The Labute approximate surface area is 104 Å². The highest BCUT2D eigenvalue weighted by atomic mass is 35.5. The van der Waals surface area contributed by atoms with Gasteiger partial charge < -0.3 is 10.4 Å². The van der Waals surface area contributed by atoms with E-state index in [1.807, 2.05) is 6.07 Å². The average molecular weight is 251 g/mol. The van der Waals surface area contributed by atoms with Crippen molar-refractivity contribution < 1.29 is 9.90 Å². The van der Waals surface area contributed by atoms with Crippen molar-refractivity contribution in [2.24, 2.45) is 0 Å². The third-order valence-electron chi connectivity index (χ3n) is 2.14. The minimum atomic E-state index is -0.940. The number of aliphatic carboxylic acids is 1. The number of halogens is 1. The first kappa shape index (κ1) is 13.1. The van der Waals surface area contributed by atoms with Crippen molar-refractivity contribution >= 4 is 23.3 Å². The van der Waals surface area contributed by atoms with Gasteiger partial charge in [-0.1, -0.05) is 17.7 Å². The second-order valence-corrected chi connectivity index (χ2v) is 3.79. The highest BCUT2D eigenvalue weighted by Gasteiger charge is 2.01. The molecule has 2 N–H and O–H groups in total. The fourth-order valence-electron chi connectivity index (χ4n) is 1.13. The molecular formula is C12H11ClN2O2. The summed E-state index contributed by atoms with van der Waals surface area (Å²) in [6.45, 7) is 1.91. The van der Waals surface area contributed by atoms with E-state index in [-0.39, 0.29) is 5.57 Å². The third kappa shape index (κ3) is 3.82. The average Bonchev–Trinajstić information content (AvgIpc) is 2.29. The predicted molar refractivity (Wildman–Crippen MR) is 66.0 cm³/mol. The first-order chi connectivity index (χ1) is 8.04. The molecule has 1 aromatic rings. The Bertz CT molecular complexity index is 504. The molecule has 1 aromatic carbocycles. The van der Waals surface area contributed by atoms with Crippen molar-refractivity contribution in [3.8, 4) is 6.07 Å². The zero-order valence-corrected chi connectivity index (χ0v) is 9.95. The summed E-state index contributed by atoms with van der Waals surface area (Å²) in [4.78, 5) is 10.5. The number of benzene rings is 1. The van der Waals surface area contributed by atoms with Crippen LogP contribution in [0.2, 0.25) is 5.02 Å². The Morgan fingerprint density at radius 3 is 2.88 bits per heavy atom. The lowest BCUT2D eigenvalue weighted by molar-refractivity contribution is -0.132. The van der Waals surface area contributed by atoms with Gasteiger partial charge in [-0.15, -0.1) is 0 Å². The van der Waals surface area contributed by atoms with Gasteiger partial charge in [0.2, 0.25) is 0 Å². The monoisotopic (exact) mass is 250 g/mol. The maximum absolute atomic E-state index is 10.5. The van der Waals surface area contributed by atoms with Crippen LogP contribution in [0.25, 0.3) is 0 Å². The minimum absolute atomic E-state index is 0.275. The molecule has 0 aromatic heterocycles. The zero-order valence-electron chi connectivity index (χ0n) is 9.20. The van der Waals surface area contributed by atoms with Crippen molar-refractivity contribution in [2.45, 2.75) is 6.92 Å². The normalized spacial score (nSPS) is 10.8. The van der Waals surface area contributed by atoms with Crippen molar-refractivity contribution in [2.75, 3.05) is 11.9 Å². The van der Waals surface area contributed by atoms with Gasteiger partial charge in [-0.25, -0.2) is 4.79 Å². The van der Waals surface area contributed by atoms with Crippen LogP contribution in [0.5, 0.6) is 0 Å². The molecule has 0 aliphatic heterocycles. The second-order valence-electron chi connectivity index (χ2n) is 3.38. The van der Waals surface area contributed by atoms with E-state index in [0.717, 1.165) is 5.69 Å². The first-order valence-corrected chi connectivity index (χ1v) is 5.26. The fourth-order valence-corrected chi connectivity index (χ4v) is 1.35. The molecule has 1 rings (SSSR count). The molecule has 4 nitrogen and oxygen atoms in total. The minimum Gasteiger partial charge on any atom is -0.478 e. The Kier molecular flexibility index (Phi) is 4.56. The van der Waals surface area contributed by atoms with Crippen LogP contribution >= 0.6 is 11.6 Å². The van der Waals surface area contributed by atoms with Crippen LogP contribution in [-0.2, 0) is 4.79 Å². The van der Waals surface area contributed by atoms with Crippen LogP contribution in [0.3, 0.4) is 0 Å². The molecule has 0 radical (unpaired) electrons. The predicted octanol–water partition coefficient (Wildman–Crippen LogP) is 2.65. The van der Waals surface area contributed by atoms with E-state index >= 15 is 0 Å². The Balaban J connectivity index is 2.66. The van der Waals surface area contributed by atoms with Gasteiger partial charge in [0.05, 0.1) is 10.6 Å². The summed E-state index contributed by atoms with van der Waals surface area (Å²) in [5, 5.41) is 20.7. The Morgan fingerprint density at radius 2 is 2.35 bits per heavy atom. The van der Waals surface area contributed by atoms with Crippen LogP contribution < -0.4 is 5.32 Å². The van der Waals surface area contributed by atoms with Gasteiger partial charge in [-0.3, -0.25) is 0 Å². The number of nitrogens with zero attached hydrogens (tertiary/aromatic N) is 1. The number of carbonyl (C=O) groups is 1. The van der Waals surface area contributed by atoms with E-state index in [2.05, 4.69) is 5.32 Å². The summed E-state index contributed by atoms with van der Waals surface area (Å²) in [7, 11) is 0. The van der Waals surface area contributed by atoms with E-state index in [1.165, 1.54) is 6.92 Å². The summed E-state index contributed by atoms with van der Waals surface area (Å²) in [5.41, 5.74) is 1.43. The number of hydrogen-bond acceptors (Lipinski definition) is 3. The van der Waals surface area contributed by atoms with Crippen molar-refractivity contribution in [3.63, 3.8) is 0 Å². The number of anilines is 1. The standard InChI is InChI=1S/C12H11ClN2O2/c1-8(12(16)17)4-5-15-10-3-2-9(7-14)11(13)6-10/h2-4,6,15H,5H2,1H3,(H,16,17)/b8-4-. The molecule has 0 aliphatic carbocycles. The van der Waals surface area contributed by atoms with Crippen molar-refractivity contribution in [1.29, 1.82) is 5.26 Å². The molecule has 0 fully saturated rings. The van der Waals surface area contributed by atoms with Gasteiger partial charge >= 0.3 is 5.97 Å². The summed E-state index contributed by atoms with van der Waals surface area (Å²) < 4.78 is 0. The molecule has 0 saturated carbocycles. The van der Waals surface area contributed by atoms with Crippen LogP contribution in [0.4, 0.5) is 5.69 Å². The summed E-state index contributed by atoms with van der Waals surface area (Å²) in [6, 6.07) is 6.92. The first-order valence-electron chi connectivity index (χ1n) is 4.88. The zero-order chi connectivity index (χ0) is 12.8. The van der Waals surface area contributed by atoms with Gasteiger partial charge in [0.15, 0.2) is 0 Å². The Hall–Kier alpha value is -1.99. The van der Waals surface area contributed by atoms with Gasteiger partial charge in [-0.2, -0.15) is 5.26 Å². The number of carboxylic acid groups (broad SMARTS) is 1. The number of hydrogen-bond donors (Lipinski definition) is 2. The van der Waals surface area contributed by atoms with Crippen molar-refractivity contribution in [1.82, 2.24) is 0 Å². The lowest BCUT2D eigenvalue weighted by Gasteiger charge is -2.04. The molecule has 0 atom stereocenters. The SMILES string of the molecule is C/C(=C/CNc1ccc(C#N)c(Cl)c1)C(=O)O. The van der Waals surface area contributed by atoms with E-state index in [9.17, 15) is 4.79 Å².